The number of benzene rings is 3. The molecule has 8 nitrogen and oxygen atoms in total. The monoisotopic (exact) mass is 481 g/mol. The van der Waals surface area contributed by atoms with Crippen molar-refractivity contribution in [2.75, 3.05) is 18.5 Å². The molecule has 6 rings (SSSR count). The standard InChI is InChI=1S/C28H27N5O3/c1-18-13-19(3-8-27(18)36-22-5-7-26-25(15-22)31-17-33(26)2)32-28-23-14-21(4-6-24(23)29-16-30-28)35-20-9-11-34-12-10-20/h3-8,13-17,20H,9-12H2,1-2H3,(H,29,30,32). The van der Waals surface area contributed by atoms with Crippen molar-refractivity contribution in [2.24, 2.45) is 7.05 Å². The second-order valence-electron chi connectivity index (χ2n) is 9.04. The number of nitrogens with one attached hydrogen (secondary N) is 1. The zero-order valence-electron chi connectivity index (χ0n) is 20.3. The molecule has 0 saturated carbocycles. The van der Waals surface area contributed by atoms with Gasteiger partial charge in [0.1, 0.15) is 35.5 Å². The number of fused-ring (bicyclic) bond motifs is 2. The summed E-state index contributed by atoms with van der Waals surface area (Å²) >= 11 is 0. The van der Waals surface area contributed by atoms with Crippen LogP contribution >= 0.6 is 0 Å². The third kappa shape index (κ3) is 4.55. The molecule has 1 aliphatic rings. The van der Waals surface area contributed by atoms with Crippen LogP contribution in [0.4, 0.5) is 11.5 Å². The lowest BCUT2D eigenvalue weighted by atomic mass is 10.1. The number of rotatable bonds is 6. The van der Waals surface area contributed by atoms with Crippen molar-refractivity contribution in [1.82, 2.24) is 19.5 Å². The largest absolute Gasteiger partial charge is 0.490 e. The van der Waals surface area contributed by atoms with E-state index >= 15 is 0 Å². The first kappa shape index (κ1) is 22.3. The van der Waals surface area contributed by atoms with Crippen molar-refractivity contribution in [3.63, 3.8) is 0 Å². The van der Waals surface area contributed by atoms with Crippen LogP contribution in [0.5, 0.6) is 17.2 Å². The Kier molecular flexibility index (Phi) is 5.87. The van der Waals surface area contributed by atoms with E-state index in [1.807, 2.05) is 73.1 Å². The number of hydrogen-bond acceptors (Lipinski definition) is 7. The minimum absolute atomic E-state index is 0.172. The van der Waals surface area contributed by atoms with Gasteiger partial charge in [-0.1, -0.05) is 0 Å². The van der Waals surface area contributed by atoms with E-state index in [-0.39, 0.29) is 6.10 Å². The molecule has 36 heavy (non-hydrogen) atoms. The zero-order valence-corrected chi connectivity index (χ0v) is 20.3. The van der Waals surface area contributed by atoms with Gasteiger partial charge in [-0.05, 0) is 61.0 Å². The lowest BCUT2D eigenvalue weighted by Crippen LogP contribution is -2.25. The highest BCUT2D eigenvalue weighted by atomic mass is 16.5. The number of hydrogen-bond donors (Lipinski definition) is 1. The Morgan fingerprint density at radius 2 is 1.78 bits per heavy atom. The van der Waals surface area contributed by atoms with Crippen LogP contribution in [0.3, 0.4) is 0 Å². The fraction of sp³-hybridized carbons (Fsp3) is 0.250. The van der Waals surface area contributed by atoms with E-state index in [1.165, 1.54) is 0 Å². The van der Waals surface area contributed by atoms with Crippen LogP contribution in [-0.2, 0) is 11.8 Å². The minimum atomic E-state index is 0.172. The maximum atomic E-state index is 6.20. The summed E-state index contributed by atoms with van der Waals surface area (Å²) in [6, 6.07) is 17.9. The Balaban J connectivity index is 1.22. The zero-order chi connectivity index (χ0) is 24.5. The molecule has 1 N–H and O–H groups in total. The average Bonchev–Trinajstić information content (AvgIpc) is 3.26. The number of imidazole rings is 1. The normalized spacial score (nSPS) is 14.3. The summed E-state index contributed by atoms with van der Waals surface area (Å²) in [5, 5.41) is 4.35. The molecule has 1 saturated heterocycles. The molecule has 182 valence electrons. The molecule has 0 spiro atoms. The van der Waals surface area contributed by atoms with Gasteiger partial charge >= 0.3 is 0 Å². The third-order valence-electron chi connectivity index (χ3n) is 6.44. The molecule has 1 fully saturated rings. The number of ether oxygens (including phenoxy) is 3. The fourth-order valence-corrected chi connectivity index (χ4v) is 4.48. The number of aromatic nitrogens is 4. The topological polar surface area (TPSA) is 83.3 Å². The van der Waals surface area contributed by atoms with E-state index in [4.69, 9.17) is 14.2 Å². The van der Waals surface area contributed by atoms with Crippen LogP contribution in [0.1, 0.15) is 18.4 Å². The van der Waals surface area contributed by atoms with Gasteiger partial charge in [0.25, 0.3) is 0 Å². The molecule has 0 radical (unpaired) electrons. The number of aryl methyl sites for hydroxylation is 2. The second-order valence-corrected chi connectivity index (χ2v) is 9.04. The van der Waals surface area contributed by atoms with Crippen molar-refractivity contribution in [3.05, 3.63) is 72.8 Å². The van der Waals surface area contributed by atoms with Crippen molar-refractivity contribution in [3.8, 4) is 17.2 Å². The Bertz CT molecular complexity index is 1540. The van der Waals surface area contributed by atoms with Crippen LogP contribution in [0.15, 0.2) is 67.3 Å². The van der Waals surface area contributed by atoms with Crippen molar-refractivity contribution in [1.29, 1.82) is 0 Å². The summed E-state index contributed by atoms with van der Waals surface area (Å²) in [6.07, 6.45) is 5.35. The Morgan fingerprint density at radius 3 is 2.64 bits per heavy atom. The van der Waals surface area contributed by atoms with Crippen molar-refractivity contribution >= 4 is 33.4 Å². The van der Waals surface area contributed by atoms with Gasteiger partial charge in [-0.25, -0.2) is 15.0 Å². The molecule has 8 heteroatoms. The SMILES string of the molecule is Cc1cc(Nc2ncnc3ccc(OC4CCOCC4)cc23)ccc1Oc1ccc2c(c1)ncn2C. The van der Waals surface area contributed by atoms with Gasteiger partial charge < -0.3 is 24.1 Å². The fourth-order valence-electron chi connectivity index (χ4n) is 4.48. The average molecular weight is 482 g/mol. The highest BCUT2D eigenvalue weighted by Gasteiger charge is 2.16. The summed E-state index contributed by atoms with van der Waals surface area (Å²) in [4.78, 5) is 13.3. The van der Waals surface area contributed by atoms with Gasteiger partial charge in [0, 0.05) is 37.0 Å². The predicted octanol–water partition coefficient (Wildman–Crippen LogP) is 5.92. The quantitative estimate of drug-likeness (QED) is 0.322. The van der Waals surface area contributed by atoms with E-state index < -0.39 is 0 Å². The van der Waals surface area contributed by atoms with E-state index in [9.17, 15) is 0 Å². The summed E-state index contributed by atoms with van der Waals surface area (Å²) in [6.45, 7) is 3.51. The van der Waals surface area contributed by atoms with E-state index in [2.05, 4.69) is 20.3 Å². The predicted molar refractivity (Wildman–Crippen MR) is 139 cm³/mol. The highest BCUT2D eigenvalue weighted by Crippen LogP contribution is 2.32. The van der Waals surface area contributed by atoms with Gasteiger partial charge in [-0.2, -0.15) is 0 Å². The van der Waals surface area contributed by atoms with Gasteiger partial charge in [-0.15, -0.1) is 0 Å². The first-order valence-electron chi connectivity index (χ1n) is 12.1. The Labute approximate surface area is 208 Å². The maximum Gasteiger partial charge on any atom is 0.141 e. The minimum Gasteiger partial charge on any atom is -0.490 e. The molecule has 0 unspecified atom stereocenters. The molecule has 0 amide bonds. The first-order chi connectivity index (χ1) is 17.6. The van der Waals surface area contributed by atoms with Crippen LogP contribution in [-0.4, -0.2) is 38.8 Å². The summed E-state index contributed by atoms with van der Waals surface area (Å²) in [5.74, 6) is 3.09. The van der Waals surface area contributed by atoms with Crippen molar-refractivity contribution in [2.45, 2.75) is 25.9 Å². The van der Waals surface area contributed by atoms with Crippen LogP contribution < -0.4 is 14.8 Å². The van der Waals surface area contributed by atoms with E-state index in [1.54, 1.807) is 12.7 Å². The van der Waals surface area contributed by atoms with Crippen molar-refractivity contribution < 1.29 is 14.2 Å². The molecule has 0 bridgehead atoms. The number of nitrogens with zero attached hydrogens (tertiary/aromatic N) is 4. The molecule has 5 aromatic rings. The molecular weight excluding hydrogens is 454 g/mol. The smallest absolute Gasteiger partial charge is 0.141 e. The first-order valence-corrected chi connectivity index (χ1v) is 12.1. The van der Waals surface area contributed by atoms with E-state index in [0.29, 0.717) is 0 Å². The summed E-state index contributed by atoms with van der Waals surface area (Å²) < 4.78 is 19.8. The van der Waals surface area contributed by atoms with Gasteiger partial charge in [-0.3, -0.25) is 0 Å². The molecule has 2 aromatic heterocycles. The van der Waals surface area contributed by atoms with Crippen LogP contribution in [0, 0.1) is 6.92 Å². The van der Waals surface area contributed by atoms with Crippen LogP contribution in [0.2, 0.25) is 0 Å². The summed E-state index contributed by atoms with van der Waals surface area (Å²) in [5.41, 5.74) is 4.74. The lowest BCUT2D eigenvalue weighted by Gasteiger charge is -2.23. The third-order valence-corrected chi connectivity index (χ3v) is 6.44. The Morgan fingerprint density at radius 1 is 0.917 bits per heavy atom. The highest BCUT2D eigenvalue weighted by molar-refractivity contribution is 5.91. The number of anilines is 2. The van der Waals surface area contributed by atoms with Gasteiger partial charge in [0.05, 0.1) is 36.1 Å². The molecular formula is C28H27N5O3. The molecule has 0 atom stereocenters. The Hall–Kier alpha value is -4.17. The van der Waals surface area contributed by atoms with E-state index in [0.717, 1.165) is 82.3 Å². The molecule has 3 heterocycles. The van der Waals surface area contributed by atoms with Gasteiger partial charge in [0.2, 0.25) is 0 Å². The lowest BCUT2D eigenvalue weighted by molar-refractivity contribution is 0.0256. The molecule has 1 aliphatic heterocycles. The second kappa shape index (κ2) is 9.47. The molecule has 3 aromatic carbocycles. The van der Waals surface area contributed by atoms with Crippen LogP contribution in [0.25, 0.3) is 21.9 Å². The molecule has 0 aliphatic carbocycles. The maximum absolute atomic E-state index is 6.20. The van der Waals surface area contributed by atoms with Gasteiger partial charge in [0.15, 0.2) is 0 Å². The summed E-state index contributed by atoms with van der Waals surface area (Å²) in [7, 11) is 1.98.